The van der Waals surface area contributed by atoms with Crippen LogP contribution in [0, 0.1) is 6.92 Å². The first-order valence-electron chi connectivity index (χ1n) is 7.32. The molecule has 0 atom stereocenters. The van der Waals surface area contributed by atoms with E-state index in [9.17, 15) is 0 Å². The van der Waals surface area contributed by atoms with Crippen LogP contribution in [0.25, 0.3) is 0 Å². The molecule has 3 rings (SSSR count). The molecule has 0 radical (unpaired) electrons. The lowest BCUT2D eigenvalue weighted by Crippen LogP contribution is -2.24. The monoisotopic (exact) mass is 266 g/mol. The van der Waals surface area contributed by atoms with Crippen LogP contribution in [0.1, 0.15) is 22.3 Å². The van der Waals surface area contributed by atoms with E-state index < -0.39 is 0 Å². The van der Waals surface area contributed by atoms with Crippen LogP contribution in [0.5, 0.6) is 0 Å². The van der Waals surface area contributed by atoms with E-state index in [-0.39, 0.29) is 0 Å². The van der Waals surface area contributed by atoms with Crippen molar-refractivity contribution in [3.63, 3.8) is 0 Å². The molecule has 104 valence electrons. The normalized spacial score (nSPS) is 13.9. The van der Waals surface area contributed by atoms with E-state index in [0.717, 1.165) is 26.1 Å². The Bertz CT molecular complexity index is 604. The third-order valence-corrected chi connectivity index (χ3v) is 4.10. The van der Waals surface area contributed by atoms with Crippen LogP contribution in [-0.4, -0.2) is 13.6 Å². The molecule has 0 aromatic heterocycles. The molecule has 20 heavy (non-hydrogen) atoms. The Labute approximate surface area is 121 Å². The number of para-hydroxylation sites is 1. The van der Waals surface area contributed by atoms with E-state index in [1.165, 1.54) is 27.9 Å². The number of fused-ring (bicyclic) bond motifs is 1. The van der Waals surface area contributed by atoms with Gasteiger partial charge in [-0.25, -0.2) is 0 Å². The predicted octanol–water partition coefficient (Wildman–Crippen LogP) is 3.28. The number of benzene rings is 2. The summed E-state index contributed by atoms with van der Waals surface area (Å²) in [6.07, 6.45) is 1.16. The van der Waals surface area contributed by atoms with E-state index in [2.05, 4.69) is 66.7 Å². The summed E-state index contributed by atoms with van der Waals surface area (Å²) >= 11 is 0. The molecule has 1 heterocycles. The largest absolute Gasteiger partial charge is 0.370 e. The van der Waals surface area contributed by atoms with Gasteiger partial charge in [-0.15, -0.1) is 0 Å². The average molecular weight is 266 g/mol. The Morgan fingerprint density at radius 3 is 2.80 bits per heavy atom. The van der Waals surface area contributed by atoms with E-state index in [4.69, 9.17) is 0 Å². The molecule has 2 nitrogen and oxygen atoms in total. The highest BCUT2D eigenvalue weighted by molar-refractivity contribution is 5.52. The molecule has 1 N–H and O–H groups in total. The molecule has 1 aliphatic heterocycles. The molecule has 2 aromatic carbocycles. The van der Waals surface area contributed by atoms with Gasteiger partial charge in [0, 0.05) is 25.8 Å². The number of nitrogens with one attached hydrogen (secondary N) is 1. The second-order valence-electron chi connectivity index (χ2n) is 5.67. The van der Waals surface area contributed by atoms with E-state index in [0.29, 0.717) is 0 Å². The zero-order chi connectivity index (χ0) is 13.9. The van der Waals surface area contributed by atoms with Gasteiger partial charge in [-0.3, -0.25) is 0 Å². The van der Waals surface area contributed by atoms with Crippen molar-refractivity contribution >= 4 is 5.69 Å². The van der Waals surface area contributed by atoms with Crippen molar-refractivity contribution in [1.29, 1.82) is 0 Å². The molecule has 0 aliphatic carbocycles. The molecule has 0 fully saturated rings. The number of hydrogen-bond donors (Lipinski definition) is 1. The standard InChI is InChI=1S/C18H22N2/c1-14-5-3-4-6-18(14)20(2)13-15-7-8-16-9-10-19-12-17(16)11-15/h3-8,11,19H,9-10,12-13H2,1-2H3. The highest BCUT2D eigenvalue weighted by Crippen LogP contribution is 2.22. The van der Waals surface area contributed by atoms with Crippen molar-refractivity contribution in [2.75, 3.05) is 18.5 Å². The van der Waals surface area contributed by atoms with Gasteiger partial charge in [0.1, 0.15) is 0 Å². The summed E-state index contributed by atoms with van der Waals surface area (Å²) in [7, 11) is 2.17. The second-order valence-corrected chi connectivity index (χ2v) is 5.67. The van der Waals surface area contributed by atoms with Crippen LogP contribution in [0.3, 0.4) is 0 Å². The summed E-state index contributed by atoms with van der Waals surface area (Å²) in [5, 5.41) is 3.45. The first kappa shape index (κ1) is 13.2. The minimum Gasteiger partial charge on any atom is -0.370 e. The van der Waals surface area contributed by atoms with Crippen molar-refractivity contribution in [3.8, 4) is 0 Å². The molecular weight excluding hydrogens is 244 g/mol. The van der Waals surface area contributed by atoms with Gasteiger partial charge in [0.25, 0.3) is 0 Å². The molecule has 0 unspecified atom stereocenters. The Morgan fingerprint density at radius 1 is 1.10 bits per heavy atom. The Balaban J connectivity index is 1.79. The van der Waals surface area contributed by atoms with Gasteiger partial charge in [-0.1, -0.05) is 36.4 Å². The molecule has 2 aromatic rings. The molecule has 0 saturated carbocycles. The Morgan fingerprint density at radius 2 is 1.95 bits per heavy atom. The third kappa shape index (κ3) is 2.70. The maximum absolute atomic E-state index is 3.45. The van der Waals surface area contributed by atoms with Crippen LogP contribution in [-0.2, 0) is 19.5 Å². The molecule has 1 aliphatic rings. The van der Waals surface area contributed by atoms with Gasteiger partial charge in [-0.2, -0.15) is 0 Å². The van der Waals surface area contributed by atoms with E-state index in [1.807, 2.05) is 0 Å². The van der Waals surface area contributed by atoms with Crippen LogP contribution in [0.4, 0.5) is 5.69 Å². The SMILES string of the molecule is Cc1ccccc1N(C)Cc1ccc2c(c1)CNCC2. The second kappa shape index (κ2) is 5.68. The molecule has 0 spiro atoms. The van der Waals surface area contributed by atoms with E-state index >= 15 is 0 Å². The summed E-state index contributed by atoms with van der Waals surface area (Å²) in [5.74, 6) is 0. The number of hydrogen-bond acceptors (Lipinski definition) is 2. The Kier molecular flexibility index (Phi) is 3.75. The maximum Gasteiger partial charge on any atom is 0.0426 e. The van der Waals surface area contributed by atoms with Gasteiger partial charge >= 0.3 is 0 Å². The first-order valence-corrected chi connectivity index (χ1v) is 7.32. The van der Waals surface area contributed by atoms with Gasteiger partial charge in [0.05, 0.1) is 0 Å². The van der Waals surface area contributed by atoms with Crippen molar-refractivity contribution in [2.45, 2.75) is 26.4 Å². The topological polar surface area (TPSA) is 15.3 Å². The van der Waals surface area contributed by atoms with Crippen LogP contribution >= 0.6 is 0 Å². The van der Waals surface area contributed by atoms with Crippen LogP contribution in [0.15, 0.2) is 42.5 Å². The fraction of sp³-hybridized carbons (Fsp3) is 0.333. The molecular formula is C18H22N2. The van der Waals surface area contributed by atoms with Gasteiger partial charge in [0.2, 0.25) is 0 Å². The Hall–Kier alpha value is -1.80. The fourth-order valence-electron chi connectivity index (χ4n) is 2.98. The minimum atomic E-state index is 0.956. The van der Waals surface area contributed by atoms with Crippen molar-refractivity contribution < 1.29 is 0 Å². The molecule has 0 saturated heterocycles. The molecule has 2 heteroatoms. The molecule has 0 amide bonds. The van der Waals surface area contributed by atoms with Gasteiger partial charge in [-0.05, 0) is 48.2 Å². The lowest BCUT2D eigenvalue weighted by Gasteiger charge is -2.23. The zero-order valence-electron chi connectivity index (χ0n) is 12.3. The summed E-state index contributed by atoms with van der Waals surface area (Å²) in [5.41, 5.74) is 6.99. The predicted molar refractivity (Wildman–Crippen MR) is 85.1 cm³/mol. The average Bonchev–Trinajstić information content (AvgIpc) is 2.47. The van der Waals surface area contributed by atoms with E-state index in [1.54, 1.807) is 0 Å². The minimum absolute atomic E-state index is 0.956. The summed E-state index contributed by atoms with van der Waals surface area (Å²) in [6.45, 7) is 5.24. The number of anilines is 1. The highest BCUT2D eigenvalue weighted by Gasteiger charge is 2.10. The summed E-state index contributed by atoms with van der Waals surface area (Å²) in [4.78, 5) is 2.33. The van der Waals surface area contributed by atoms with Crippen molar-refractivity contribution in [2.24, 2.45) is 0 Å². The smallest absolute Gasteiger partial charge is 0.0426 e. The molecule has 0 bridgehead atoms. The third-order valence-electron chi connectivity index (χ3n) is 4.10. The maximum atomic E-state index is 3.45. The van der Waals surface area contributed by atoms with Crippen molar-refractivity contribution in [3.05, 3.63) is 64.7 Å². The lowest BCUT2D eigenvalue weighted by atomic mass is 9.98. The van der Waals surface area contributed by atoms with Crippen LogP contribution in [0.2, 0.25) is 0 Å². The van der Waals surface area contributed by atoms with Gasteiger partial charge < -0.3 is 10.2 Å². The summed E-state index contributed by atoms with van der Waals surface area (Å²) < 4.78 is 0. The summed E-state index contributed by atoms with van der Waals surface area (Å²) in [6, 6.07) is 15.5. The van der Waals surface area contributed by atoms with Crippen molar-refractivity contribution in [1.82, 2.24) is 5.32 Å². The fourth-order valence-corrected chi connectivity index (χ4v) is 2.98. The zero-order valence-corrected chi connectivity index (χ0v) is 12.3. The number of aryl methyl sites for hydroxylation is 1. The first-order chi connectivity index (χ1) is 9.74. The number of nitrogens with zero attached hydrogens (tertiary/aromatic N) is 1. The lowest BCUT2D eigenvalue weighted by molar-refractivity contribution is 0.642. The van der Waals surface area contributed by atoms with Gasteiger partial charge in [0.15, 0.2) is 0 Å². The highest BCUT2D eigenvalue weighted by atomic mass is 15.1. The number of rotatable bonds is 3. The quantitative estimate of drug-likeness (QED) is 0.917. The van der Waals surface area contributed by atoms with Crippen LogP contribution < -0.4 is 10.2 Å².